The molecule has 2 amide bonds. The molecule has 1 saturated heterocycles. The molecular weight excluding hydrogens is 342 g/mol. The highest BCUT2D eigenvalue weighted by Gasteiger charge is 2.23. The monoisotopic (exact) mass is 363 g/mol. The van der Waals surface area contributed by atoms with Gasteiger partial charge in [-0.15, -0.1) is 0 Å². The fraction of sp³-hybridized carbons (Fsp3) is 0.333. The third kappa shape index (κ3) is 3.88. The number of nitrogens with zero attached hydrogens (tertiary/aromatic N) is 2. The van der Waals surface area contributed by atoms with Crippen molar-refractivity contribution in [2.45, 2.75) is 19.1 Å². The van der Waals surface area contributed by atoms with Gasteiger partial charge in [0.15, 0.2) is 6.10 Å². The van der Waals surface area contributed by atoms with Crippen molar-refractivity contribution in [2.75, 3.05) is 26.3 Å². The molecular formula is C21H21N3O3. The van der Waals surface area contributed by atoms with Gasteiger partial charge in [0.2, 0.25) is 0 Å². The summed E-state index contributed by atoms with van der Waals surface area (Å²) in [6.45, 7) is 2.42. The Bertz CT molecular complexity index is 873. The minimum Gasteiger partial charge on any atom is -0.493 e. The number of nitrogens with one attached hydrogen (secondary N) is 1. The molecule has 1 fully saturated rings. The lowest BCUT2D eigenvalue weighted by atomic mass is 10.0. The number of urea groups is 1. The van der Waals surface area contributed by atoms with Crippen LogP contribution < -0.4 is 10.1 Å². The van der Waals surface area contributed by atoms with E-state index in [1.807, 2.05) is 24.3 Å². The van der Waals surface area contributed by atoms with E-state index in [1.54, 1.807) is 4.90 Å². The Balaban J connectivity index is 1.35. The third-order valence-electron chi connectivity index (χ3n) is 4.92. The summed E-state index contributed by atoms with van der Waals surface area (Å²) >= 11 is 0. The van der Waals surface area contributed by atoms with Crippen molar-refractivity contribution in [3.63, 3.8) is 0 Å². The van der Waals surface area contributed by atoms with Crippen LogP contribution in [0, 0.1) is 11.3 Å². The highest BCUT2D eigenvalue weighted by molar-refractivity contribution is 5.74. The zero-order chi connectivity index (χ0) is 18.6. The molecule has 0 spiro atoms. The maximum Gasteiger partial charge on any atom is 0.317 e. The molecule has 2 aliphatic rings. The maximum absolute atomic E-state index is 12.3. The third-order valence-corrected chi connectivity index (χ3v) is 4.92. The van der Waals surface area contributed by atoms with E-state index in [9.17, 15) is 4.79 Å². The van der Waals surface area contributed by atoms with Gasteiger partial charge in [-0.25, -0.2) is 4.79 Å². The van der Waals surface area contributed by atoms with Gasteiger partial charge < -0.3 is 19.7 Å². The smallest absolute Gasteiger partial charge is 0.317 e. The van der Waals surface area contributed by atoms with Crippen LogP contribution in [0.3, 0.4) is 0 Å². The fourth-order valence-electron chi connectivity index (χ4n) is 3.38. The van der Waals surface area contributed by atoms with Crippen molar-refractivity contribution < 1.29 is 14.3 Å². The summed E-state index contributed by atoms with van der Waals surface area (Å²) in [5, 5.41) is 11.8. The van der Waals surface area contributed by atoms with Crippen LogP contribution in [0.4, 0.5) is 4.79 Å². The number of hydrogen-bond acceptors (Lipinski definition) is 4. The second kappa shape index (κ2) is 7.68. The average molecular weight is 363 g/mol. The number of ether oxygens (including phenoxy) is 2. The first kappa shape index (κ1) is 17.4. The van der Waals surface area contributed by atoms with Crippen LogP contribution in [-0.4, -0.2) is 43.3 Å². The van der Waals surface area contributed by atoms with Gasteiger partial charge in [0.25, 0.3) is 0 Å². The standard InChI is InChI=1S/C21H21N3O3/c22-12-19-14-24(8-10-26-19)21(25)23-13-15-1-3-16(4-2-15)17-5-6-20-18(11-17)7-9-27-20/h1-6,11,19H,7-10,13-14H2,(H,23,25). The van der Waals surface area contributed by atoms with Gasteiger partial charge in [-0.3, -0.25) is 0 Å². The lowest BCUT2D eigenvalue weighted by Gasteiger charge is -2.29. The summed E-state index contributed by atoms with van der Waals surface area (Å²) in [4.78, 5) is 13.9. The number of rotatable bonds is 3. The zero-order valence-electron chi connectivity index (χ0n) is 15.0. The number of carbonyl (C=O) groups excluding carboxylic acids is 1. The molecule has 2 heterocycles. The molecule has 1 atom stereocenters. The Morgan fingerprint density at radius 2 is 2.00 bits per heavy atom. The van der Waals surface area contributed by atoms with Crippen molar-refractivity contribution in [3.05, 3.63) is 53.6 Å². The molecule has 6 nitrogen and oxygen atoms in total. The fourth-order valence-corrected chi connectivity index (χ4v) is 3.38. The van der Waals surface area contributed by atoms with Crippen molar-refractivity contribution in [1.82, 2.24) is 10.2 Å². The van der Waals surface area contributed by atoms with Gasteiger partial charge in [-0.2, -0.15) is 5.26 Å². The Morgan fingerprint density at radius 1 is 1.19 bits per heavy atom. The number of morpholine rings is 1. The van der Waals surface area contributed by atoms with E-state index < -0.39 is 6.10 Å². The molecule has 2 aromatic carbocycles. The number of nitriles is 1. The molecule has 0 saturated carbocycles. The highest BCUT2D eigenvalue weighted by atomic mass is 16.5. The van der Waals surface area contributed by atoms with E-state index in [-0.39, 0.29) is 6.03 Å². The Morgan fingerprint density at radius 3 is 2.81 bits per heavy atom. The molecule has 6 heteroatoms. The molecule has 1 N–H and O–H groups in total. The number of hydrogen-bond donors (Lipinski definition) is 1. The largest absolute Gasteiger partial charge is 0.493 e. The van der Waals surface area contributed by atoms with Gasteiger partial charge in [0, 0.05) is 19.5 Å². The quantitative estimate of drug-likeness (QED) is 0.910. The van der Waals surface area contributed by atoms with Crippen LogP contribution in [-0.2, 0) is 17.7 Å². The Labute approximate surface area is 158 Å². The summed E-state index contributed by atoms with van der Waals surface area (Å²) < 4.78 is 10.8. The first-order valence-electron chi connectivity index (χ1n) is 9.12. The Kier molecular flexibility index (Phi) is 4.95. The molecule has 2 aromatic rings. The summed E-state index contributed by atoms with van der Waals surface area (Å²) in [6.07, 6.45) is 0.420. The number of amides is 2. The number of fused-ring (bicyclic) bond motifs is 1. The van der Waals surface area contributed by atoms with Gasteiger partial charge in [-0.05, 0) is 34.4 Å². The second-order valence-electron chi connectivity index (χ2n) is 6.71. The molecule has 1 unspecified atom stereocenters. The van der Waals surface area contributed by atoms with Crippen molar-refractivity contribution in [1.29, 1.82) is 5.26 Å². The Hall–Kier alpha value is -3.04. The van der Waals surface area contributed by atoms with E-state index in [2.05, 4.69) is 29.6 Å². The highest BCUT2D eigenvalue weighted by Crippen LogP contribution is 2.30. The van der Waals surface area contributed by atoms with Crippen LogP contribution in [0.5, 0.6) is 5.75 Å². The lowest BCUT2D eigenvalue weighted by Crippen LogP contribution is -2.49. The minimum absolute atomic E-state index is 0.166. The molecule has 0 radical (unpaired) electrons. The van der Waals surface area contributed by atoms with Crippen LogP contribution in [0.25, 0.3) is 11.1 Å². The van der Waals surface area contributed by atoms with Gasteiger partial charge in [0.1, 0.15) is 5.75 Å². The molecule has 2 aliphatic heterocycles. The summed E-state index contributed by atoms with van der Waals surface area (Å²) in [7, 11) is 0. The predicted molar refractivity (Wildman–Crippen MR) is 100 cm³/mol. The zero-order valence-corrected chi connectivity index (χ0v) is 15.0. The van der Waals surface area contributed by atoms with Crippen LogP contribution >= 0.6 is 0 Å². The van der Waals surface area contributed by atoms with Gasteiger partial charge >= 0.3 is 6.03 Å². The van der Waals surface area contributed by atoms with E-state index >= 15 is 0 Å². The topological polar surface area (TPSA) is 74.6 Å². The summed E-state index contributed by atoms with van der Waals surface area (Å²) in [5.41, 5.74) is 4.60. The summed E-state index contributed by atoms with van der Waals surface area (Å²) in [6, 6.07) is 16.4. The van der Waals surface area contributed by atoms with Crippen LogP contribution in [0.1, 0.15) is 11.1 Å². The van der Waals surface area contributed by atoms with Crippen LogP contribution in [0.15, 0.2) is 42.5 Å². The molecule has 27 heavy (non-hydrogen) atoms. The van der Waals surface area contributed by atoms with E-state index in [0.29, 0.717) is 26.2 Å². The maximum atomic E-state index is 12.3. The van der Waals surface area contributed by atoms with Crippen LogP contribution in [0.2, 0.25) is 0 Å². The van der Waals surface area contributed by atoms with E-state index in [1.165, 1.54) is 11.1 Å². The molecule has 0 aromatic heterocycles. The first-order valence-corrected chi connectivity index (χ1v) is 9.12. The van der Waals surface area contributed by atoms with Crippen molar-refractivity contribution in [3.8, 4) is 22.9 Å². The van der Waals surface area contributed by atoms with Crippen molar-refractivity contribution in [2.24, 2.45) is 0 Å². The number of benzene rings is 2. The lowest BCUT2D eigenvalue weighted by molar-refractivity contribution is 0.0157. The summed E-state index contributed by atoms with van der Waals surface area (Å²) in [5.74, 6) is 0.986. The molecule has 4 rings (SSSR count). The minimum atomic E-state index is -0.540. The SMILES string of the molecule is N#CC1CN(C(=O)NCc2ccc(-c3ccc4c(c3)CCO4)cc2)CCO1. The van der Waals surface area contributed by atoms with E-state index in [4.69, 9.17) is 14.7 Å². The first-order chi connectivity index (χ1) is 13.2. The van der Waals surface area contributed by atoms with Crippen molar-refractivity contribution >= 4 is 6.03 Å². The molecule has 0 aliphatic carbocycles. The predicted octanol–water partition coefficient (Wildman–Crippen LogP) is 2.72. The van der Waals surface area contributed by atoms with Gasteiger partial charge in [-0.1, -0.05) is 30.3 Å². The molecule has 138 valence electrons. The average Bonchev–Trinajstić information content (AvgIpc) is 3.20. The number of carbonyl (C=O) groups is 1. The second-order valence-corrected chi connectivity index (χ2v) is 6.71. The normalized spacial score (nSPS) is 18.3. The van der Waals surface area contributed by atoms with Gasteiger partial charge in [0.05, 0.1) is 25.8 Å². The molecule has 0 bridgehead atoms. The van der Waals surface area contributed by atoms with E-state index in [0.717, 1.165) is 29.9 Å².